The van der Waals surface area contributed by atoms with E-state index in [0.717, 1.165) is 5.56 Å². The van der Waals surface area contributed by atoms with Gasteiger partial charge < -0.3 is 4.74 Å². The van der Waals surface area contributed by atoms with E-state index in [2.05, 4.69) is 116 Å². The third-order valence-electron chi connectivity index (χ3n) is 4.98. The third-order valence-corrected chi connectivity index (χ3v) is 7.42. The van der Waals surface area contributed by atoms with Crippen LogP contribution >= 0.6 is 7.92 Å². The zero-order chi connectivity index (χ0) is 20.6. The summed E-state index contributed by atoms with van der Waals surface area (Å²) in [6, 6.07) is 38.8. The molecular formula is C28H25OP. The van der Waals surface area contributed by atoms with Crippen LogP contribution in [0.15, 0.2) is 116 Å². The van der Waals surface area contributed by atoms with Crippen LogP contribution < -0.4 is 15.9 Å². The van der Waals surface area contributed by atoms with Crippen LogP contribution in [-0.4, -0.2) is 0 Å². The monoisotopic (exact) mass is 408 g/mol. The number of benzene rings is 4. The van der Waals surface area contributed by atoms with Crippen LogP contribution in [0.3, 0.4) is 0 Å². The van der Waals surface area contributed by atoms with Crippen LogP contribution in [0.1, 0.15) is 16.7 Å². The Bertz CT molecular complexity index is 1020. The van der Waals surface area contributed by atoms with Crippen molar-refractivity contribution >= 4 is 29.9 Å². The van der Waals surface area contributed by atoms with Gasteiger partial charge in [0.25, 0.3) is 0 Å². The van der Waals surface area contributed by atoms with Crippen molar-refractivity contribution in [1.29, 1.82) is 0 Å². The van der Waals surface area contributed by atoms with Crippen molar-refractivity contribution in [3.05, 3.63) is 132 Å². The van der Waals surface area contributed by atoms with Crippen LogP contribution in [0.5, 0.6) is 0 Å². The van der Waals surface area contributed by atoms with E-state index in [1.165, 1.54) is 27.0 Å². The van der Waals surface area contributed by atoms with E-state index in [1.807, 2.05) is 6.08 Å². The Morgan fingerprint density at radius 3 is 1.47 bits per heavy atom. The Morgan fingerprint density at radius 2 is 1.00 bits per heavy atom. The molecule has 0 fully saturated rings. The fourth-order valence-corrected chi connectivity index (χ4v) is 5.66. The average molecular weight is 408 g/mol. The molecule has 0 amide bonds. The maximum Gasteiger partial charge on any atom is 0.0721 e. The maximum atomic E-state index is 5.93. The Hall–Kier alpha value is -2.99. The fraction of sp³-hybridized carbons (Fsp3) is 0.0714. The van der Waals surface area contributed by atoms with Gasteiger partial charge in [-0.1, -0.05) is 122 Å². The molecule has 0 saturated heterocycles. The summed E-state index contributed by atoms with van der Waals surface area (Å²) < 4.78 is 5.93. The fourth-order valence-electron chi connectivity index (χ4n) is 3.38. The molecule has 0 N–H and O–H groups in total. The Balaban J connectivity index is 1.46. The molecule has 4 aromatic rings. The van der Waals surface area contributed by atoms with Gasteiger partial charge >= 0.3 is 0 Å². The highest BCUT2D eigenvalue weighted by atomic mass is 31.1. The van der Waals surface area contributed by atoms with Crippen molar-refractivity contribution in [1.82, 2.24) is 0 Å². The molecule has 1 nitrogen and oxygen atoms in total. The third kappa shape index (κ3) is 5.13. The smallest absolute Gasteiger partial charge is 0.0721 e. The van der Waals surface area contributed by atoms with Crippen LogP contribution in [0.4, 0.5) is 0 Å². The molecule has 0 spiro atoms. The van der Waals surface area contributed by atoms with E-state index >= 15 is 0 Å². The van der Waals surface area contributed by atoms with Crippen molar-refractivity contribution in [2.45, 2.75) is 13.2 Å². The standard InChI is InChI=1S/C28H25OP/c1-2-23-13-15-24(16-14-23)21-29-22-25-17-19-28(20-18-25)30(26-9-5-3-6-10-26)27-11-7-4-8-12-27/h2-20H,1,21-22H2. The molecule has 4 aromatic carbocycles. The summed E-state index contributed by atoms with van der Waals surface area (Å²) in [6.07, 6.45) is 1.85. The SMILES string of the molecule is C=Cc1ccc(COCc2ccc(P(c3ccccc3)c3ccccc3)cc2)cc1. The molecule has 0 unspecified atom stereocenters. The topological polar surface area (TPSA) is 9.23 Å². The normalized spacial score (nSPS) is 10.8. The lowest BCUT2D eigenvalue weighted by Gasteiger charge is -2.19. The summed E-state index contributed by atoms with van der Waals surface area (Å²) in [5.41, 5.74) is 3.49. The number of rotatable bonds is 8. The second-order valence-electron chi connectivity index (χ2n) is 7.11. The minimum absolute atomic E-state index is 0.561. The van der Waals surface area contributed by atoms with Gasteiger partial charge in [0.15, 0.2) is 0 Å². The number of ether oxygens (including phenoxy) is 1. The molecule has 148 valence electrons. The molecule has 30 heavy (non-hydrogen) atoms. The van der Waals surface area contributed by atoms with E-state index in [0.29, 0.717) is 13.2 Å². The van der Waals surface area contributed by atoms with Crippen molar-refractivity contribution in [3.8, 4) is 0 Å². The van der Waals surface area contributed by atoms with E-state index in [4.69, 9.17) is 4.74 Å². The minimum atomic E-state index is -0.561. The lowest BCUT2D eigenvalue weighted by Crippen LogP contribution is -2.20. The predicted octanol–water partition coefficient (Wildman–Crippen LogP) is 5.80. The van der Waals surface area contributed by atoms with Gasteiger partial charge in [0.05, 0.1) is 13.2 Å². The van der Waals surface area contributed by atoms with Crippen molar-refractivity contribution < 1.29 is 4.74 Å². The van der Waals surface area contributed by atoms with Gasteiger partial charge in [-0.15, -0.1) is 0 Å². The molecule has 0 aliphatic carbocycles. The van der Waals surface area contributed by atoms with Gasteiger partial charge in [0.2, 0.25) is 0 Å². The highest BCUT2D eigenvalue weighted by molar-refractivity contribution is 7.79. The quantitative estimate of drug-likeness (QED) is 0.335. The highest BCUT2D eigenvalue weighted by Gasteiger charge is 2.15. The molecule has 2 heteroatoms. The van der Waals surface area contributed by atoms with E-state index in [-0.39, 0.29) is 0 Å². The second-order valence-corrected chi connectivity index (χ2v) is 9.33. The second kappa shape index (κ2) is 10.2. The maximum absolute atomic E-state index is 5.93. The van der Waals surface area contributed by atoms with Gasteiger partial charge in [-0.25, -0.2) is 0 Å². The number of hydrogen-bond donors (Lipinski definition) is 0. The van der Waals surface area contributed by atoms with Gasteiger partial charge in [0.1, 0.15) is 0 Å². The first-order valence-electron chi connectivity index (χ1n) is 10.1. The summed E-state index contributed by atoms with van der Waals surface area (Å²) in [5, 5.41) is 4.09. The molecule has 0 radical (unpaired) electrons. The van der Waals surface area contributed by atoms with Gasteiger partial charge in [-0.2, -0.15) is 0 Å². The largest absolute Gasteiger partial charge is 0.372 e. The van der Waals surface area contributed by atoms with E-state index < -0.39 is 7.92 Å². The highest BCUT2D eigenvalue weighted by Crippen LogP contribution is 2.32. The summed E-state index contributed by atoms with van der Waals surface area (Å²) in [5.74, 6) is 0. The number of hydrogen-bond acceptors (Lipinski definition) is 1. The molecule has 0 bridgehead atoms. The summed E-state index contributed by atoms with van der Waals surface area (Å²) in [6.45, 7) is 5.01. The zero-order valence-electron chi connectivity index (χ0n) is 16.9. The molecule has 0 aliphatic heterocycles. The van der Waals surface area contributed by atoms with Crippen LogP contribution in [-0.2, 0) is 18.0 Å². The van der Waals surface area contributed by atoms with Crippen molar-refractivity contribution in [2.24, 2.45) is 0 Å². The summed E-state index contributed by atoms with van der Waals surface area (Å²) >= 11 is 0. The lowest BCUT2D eigenvalue weighted by molar-refractivity contribution is 0.107. The molecule has 0 saturated carbocycles. The van der Waals surface area contributed by atoms with Gasteiger partial charge in [-0.3, -0.25) is 0 Å². The van der Waals surface area contributed by atoms with E-state index in [1.54, 1.807) is 0 Å². The Morgan fingerprint density at radius 1 is 0.567 bits per heavy atom. The zero-order valence-corrected chi connectivity index (χ0v) is 17.8. The van der Waals surface area contributed by atoms with Crippen LogP contribution in [0, 0.1) is 0 Å². The average Bonchev–Trinajstić information content (AvgIpc) is 2.82. The molecule has 4 rings (SSSR count). The predicted molar refractivity (Wildman–Crippen MR) is 130 cm³/mol. The molecular weight excluding hydrogens is 383 g/mol. The Labute approximate surface area is 180 Å². The Kier molecular flexibility index (Phi) is 6.87. The van der Waals surface area contributed by atoms with Crippen molar-refractivity contribution in [3.63, 3.8) is 0 Å². The molecule has 0 atom stereocenters. The molecule has 0 heterocycles. The first-order chi connectivity index (χ1) is 14.8. The first-order valence-corrected chi connectivity index (χ1v) is 11.5. The summed E-state index contributed by atoms with van der Waals surface area (Å²) in [7, 11) is -0.561. The van der Waals surface area contributed by atoms with Gasteiger partial charge in [0, 0.05) is 0 Å². The lowest BCUT2D eigenvalue weighted by atomic mass is 10.1. The molecule has 0 aliphatic rings. The van der Waals surface area contributed by atoms with Crippen molar-refractivity contribution in [2.75, 3.05) is 0 Å². The summed E-state index contributed by atoms with van der Waals surface area (Å²) in [4.78, 5) is 0. The van der Waals surface area contributed by atoms with Crippen LogP contribution in [0.25, 0.3) is 6.08 Å². The van der Waals surface area contributed by atoms with Crippen LogP contribution in [0.2, 0.25) is 0 Å². The minimum Gasteiger partial charge on any atom is -0.372 e. The molecule has 0 aromatic heterocycles. The van der Waals surface area contributed by atoms with E-state index in [9.17, 15) is 0 Å². The van der Waals surface area contributed by atoms with Gasteiger partial charge in [-0.05, 0) is 40.5 Å². The first kappa shape index (κ1) is 20.3.